The summed E-state index contributed by atoms with van der Waals surface area (Å²) in [5, 5.41) is 0. The lowest BCUT2D eigenvalue weighted by Gasteiger charge is -2.16. The van der Waals surface area contributed by atoms with Gasteiger partial charge in [-0.15, -0.1) is 0 Å². The van der Waals surface area contributed by atoms with E-state index < -0.39 is 0 Å². The van der Waals surface area contributed by atoms with Gasteiger partial charge in [0.05, 0.1) is 0 Å². The second kappa shape index (κ2) is 13.9. The molecular formula is C17H35NO. The van der Waals surface area contributed by atoms with E-state index in [1.165, 1.54) is 70.6 Å². The van der Waals surface area contributed by atoms with Gasteiger partial charge in [-0.25, -0.2) is 0 Å². The van der Waals surface area contributed by atoms with Gasteiger partial charge in [0, 0.05) is 6.42 Å². The molecule has 19 heavy (non-hydrogen) atoms. The largest absolute Gasteiger partial charge is 0.370 e. The average molecular weight is 269 g/mol. The first-order chi connectivity index (χ1) is 9.20. The molecular weight excluding hydrogens is 234 g/mol. The molecule has 2 heteroatoms. The van der Waals surface area contributed by atoms with Crippen molar-refractivity contribution >= 4 is 5.91 Å². The molecule has 0 bridgehead atoms. The predicted octanol–water partition coefficient (Wildman–Crippen LogP) is 5.20. The zero-order valence-electron chi connectivity index (χ0n) is 13.3. The Morgan fingerprint density at radius 2 is 1.26 bits per heavy atom. The summed E-state index contributed by atoms with van der Waals surface area (Å²) in [6, 6.07) is 0. The normalized spacial score (nSPS) is 11.1. The third kappa shape index (κ3) is 13.7. The van der Waals surface area contributed by atoms with Gasteiger partial charge in [-0.05, 0) is 18.8 Å². The molecule has 0 radical (unpaired) electrons. The van der Waals surface area contributed by atoms with E-state index in [-0.39, 0.29) is 5.91 Å². The van der Waals surface area contributed by atoms with Gasteiger partial charge in [0.25, 0.3) is 0 Å². The summed E-state index contributed by atoms with van der Waals surface area (Å²) in [7, 11) is 0. The van der Waals surface area contributed by atoms with Crippen molar-refractivity contribution in [2.75, 3.05) is 0 Å². The number of amides is 1. The number of hydrogen-bond donors (Lipinski definition) is 1. The number of hydrogen-bond acceptors (Lipinski definition) is 1. The highest BCUT2D eigenvalue weighted by Crippen LogP contribution is 2.23. The van der Waals surface area contributed by atoms with Crippen LogP contribution in [-0.2, 0) is 4.79 Å². The number of carbonyl (C=O) groups is 1. The van der Waals surface area contributed by atoms with Crippen LogP contribution in [0.5, 0.6) is 0 Å². The quantitative estimate of drug-likeness (QED) is 0.433. The van der Waals surface area contributed by atoms with Crippen LogP contribution in [0.3, 0.4) is 0 Å². The number of rotatable bonds is 14. The minimum absolute atomic E-state index is 0.143. The van der Waals surface area contributed by atoms with Crippen LogP contribution < -0.4 is 5.73 Å². The average Bonchev–Trinajstić information content (AvgIpc) is 2.38. The van der Waals surface area contributed by atoms with Crippen molar-refractivity contribution in [2.45, 2.75) is 97.3 Å². The summed E-state index contributed by atoms with van der Waals surface area (Å²) in [6.45, 7) is 4.52. The Balaban J connectivity index is 3.75. The van der Waals surface area contributed by atoms with E-state index in [0.717, 1.165) is 12.3 Å². The Kier molecular flexibility index (Phi) is 13.5. The number of nitrogens with two attached hydrogens (primary N) is 1. The van der Waals surface area contributed by atoms with Crippen molar-refractivity contribution in [3.8, 4) is 0 Å². The molecule has 2 nitrogen and oxygen atoms in total. The fraction of sp³-hybridized carbons (Fsp3) is 0.941. The van der Waals surface area contributed by atoms with Crippen molar-refractivity contribution in [1.29, 1.82) is 0 Å². The van der Waals surface area contributed by atoms with Crippen LogP contribution in [0.2, 0.25) is 0 Å². The van der Waals surface area contributed by atoms with Gasteiger partial charge in [-0.2, -0.15) is 0 Å². The van der Waals surface area contributed by atoms with Crippen LogP contribution in [0.4, 0.5) is 0 Å². The summed E-state index contributed by atoms with van der Waals surface area (Å²) >= 11 is 0. The smallest absolute Gasteiger partial charge is 0.217 e. The minimum atomic E-state index is -0.143. The first kappa shape index (κ1) is 18.5. The molecule has 0 atom stereocenters. The van der Waals surface area contributed by atoms with Crippen molar-refractivity contribution in [2.24, 2.45) is 11.7 Å². The highest BCUT2D eigenvalue weighted by atomic mass is 16.1. The Bertz CT molecular complexity index is 191. The van der Waals surface area contributed by atoms with Crippen molar-refractivity contribution in [3.05, 3.63) is 0 Å². The summed E-state index contributed by atoms with van der Waals surface area (Å²) in [6.07, 6.45) is 16.3. The van der Waals surface area contributed by atoms with Crippen LogP contribution in [0.25, 0.3) is 0 Å². The van der Waals surface area contributed by atoms with Gasteiger partial charge >= 0.3 is 0 Å². The number of carbonyl (C=O) groups excluding carboxylic acids is 1. The minimum Gasteiger partial charge on any atom is -0.370 e. The molecule has 0 aromatic carbocycles. The lowest BCUT2D eigenvalue weighted by atomic mass is 9.90. The Morgan fingerprint density at radius 1 is 0.789 bits per heavy atom. The van der Waals surface area contributed by atoms with Crippen LogP contribution in [-0.4, -0.2) is 5.91 Å². The van der Waals surface area contributed by atoms with E-state index in [9.17, 15) is 4.79 Å². The maximum atomic E-state index is 10.8. The van der Waals surface area contributed by atoms with E-state index >= 15 is 0 Å². The van der Waals surface area contributed by atoms with Gasteiger partial charge < -0.3 is 5.73 Å². The monoisotopic (exact) mass is 269 g/mol. The zero-order valence-corrected chi connectivity index (χ0v) is 13.3. The van der Waals surface area contributed by atoms with Crippen molar-refractivity contribution in [1.82, 2.24) is 0 Å². The molecule has 0 aliphatic heterocycles. The van der Waals surface area contributed by atoms with Gasteiger partial charge in [0.2, 0.25) is 5.91 Å². The molecule has 0 saturated carbocycles. The van der Waals surface area contributed by atoms with E-state index in [1.54, 1.807) is 0 Å². The van der Waals surface area contributed by atoms with E-state index in [1.807, 2.05) is 0 Å². The summed E-state index contributed by atoms with van der Waals surface area (Å²) < 4.78 is 0. The molecule has 2 N–H and O–H groups in total. The van der Waals surface area contributed by atoms with Crippen LogP contribution in [0, 0.1) is 5.92 Å². The topological polar surface area (TPSA) is 43.1 Å². The molecule has 0 aromatic heterocycles. The first-order valence-corrected chi connectivity index (χ1v) is 8.49. The fourth-order valence-corrected chi connectivity index (χ4v) is 2.72. The third-order valence-corrected chi connectivity index (χ3v) is 3.97. The lowest BCUT2D eigenvalue weighted by Crippen LogP contribution is -2.11. The SMILES string of the molecule is CCCCCCC(CCCCCC)CCCC(N)=O. The molecule has 0 spiro atoms. The van der Waals surface area contributed by atoms with Crippen LogP contribution in [0.15, 0.2) is 0 Å². The zero-order chi connectivity index (χ0) is 14.3. The molecule has 0 aliphatic carbocycles. The second-order valence-electron chi connectivity index (χ2n) is 5.92. The first-order valence-electron chi connectivity index (χ1n) is 8.49. The molecule has 1 amide bonds. The van der Waals surface area contributed by atoms with Gasteiger partial charge in [0.15, 0.2) is 0 Å². The Morgan fingerprint density at radius 3 is 1.68 bits per heavy atom. The molecule has 0 saturated heterocycles. The molecule has 114 valence electrons. The molecule has 0 unspecified atom stereocenters. The molecule has 0 fully saturated rings. The molecule has 0 rings (SSSR count). The fourth-order valence-electron chi connectivity index (χ4n) is 2.72. The van der Waals surface area contributed by atoms with E-state index in [0.29, 0.717) is 6.42 Å². The summed E-state index contributed by atoms with van der Waals surface area (Å²) in [5.41, 5.74) is 5.22. The second-order valence-corrected chi connectivity index (χ2v) is 5.92. The van der Waals surface area contributed by atoms with Crippen molar-refractivity contribution in [3.63, 3.8) is 0 Å². The molecule has 0 aromatic rings. The predicted molar refractivity (Wildman–Crippen MR) is 84.1 cm³/mol. The number of unbranched alkanes of at least 4 members (excludes halogenated alkanes) is 6. The molecule has 0 heterocycles. The highest BCUT2D eigenvalue weighted by molar-refractivity contribution is 5.73. The van der Waals surface area contributed by atoms with E-state index in [4.69, 9.17) is 5.73 Å². The van der Waals surface area contributed by atoms with E-state index in [2.05, 4.69) is 13.8 Å². The van der Waals surface area contributed by atoms with Gasteiger partial charge in [0.1, 0.15) is 0 Å². The standard InChI is InChI=1S/C17H35NO/c1-3-5-7-9-12-16(13-10-8-6-4-2)14-11-15-17(18)19/h16H,3-15H2,1-2H3,(H2,18,19). The lowest BCUT2D eigenvalue weighted by molar-refractivity contribution is -0.118. The van der Waals surface area contributed by atoms with Crippen LogP contribution in [0.1, 0.15) is 97.3 Å². The Hall–Kier alpha value is -0.530. The Labute approximate surface area is 120 Å². The maximum Gasteiger partial charge on any atom is 0.217 e. The third-order valence-electron chi connectivity index (χ3n) is 3.97. The van der Waals surface area contributed by atoms with Crippen molar-refractivity contribution < 1.29 is 4.79 Å². The number of primary amides is 1. The maximum absolute atomic E-state index is 10.8. The summed E-state index contributed by atoms with van der Waals surface area (Å²) in [4.78, 5) is 10.8. The molecule has 0 aliphatic rings. The summed E-state index contributed by atoms with van der Waals surface area (Å²) in [5.74, 6) is 0.684. The van der Waals surface area contributed by atoms with Crippen LogP contribution >= 0.6 is 0 Å². The highest BCUT2D eigenvalue weighted by Gasteiger charge is 2.09. The van der Waals surface area contributed by atoms with Gasteiger partial charge in [-0.1, -0.05) is 78.1 Å². The van der Waals surface area contributed by atoms with Gasteiger partial charge in [-0.3, -0.25) is 4.79 Å².